The van der Waals surface area contributed by atoms with E-state index in [9.17, 15) is 4.79 Å². The minimum absolute atomic E-state index is 0.0959. The van der Waals surface area contributed by atoms with E-state index in [4.69, 9.17) is 14.9 Å². The molecular formula is C22H30BrNO3Si. The van der Waals surface area contributed by atoms with Gasteiger partial charge in [-0.3, -0.25) is 4.79 Å². The zero-order valence-electron chi connectivity index (χ0n) is 17.3. The molecule has 0 radical (unpaired) electrons. The minimum Gasteiger partial charge on any atom is -0.488 e. The van der Waals surface area contributed by atoms with Gasteiger partial charge in [-0.1, -0.05) is 73.1 Å². The predicted molar refractivity (Wildman–Crippen MR) is 121 cm³/mol. The van der Waals surface area contributed by atoms with Gasteiger partial charge in [-0.25, -0.2) is 0 Å². The van der Waals surface area contributed by atoms with Gasteiger partial charge in [-0.05, 0) is 41.4 Å². The molecule has 1 atom stereocenters. The van der Waals surface area contributed by atoms with Gasteiger partial charge in [-0.15, -0.1) is 0 Å². The number of carbonyl (C=O) groups excluding carboxylic acids is 1. The number of primary amides is 1. The topological polar surface area (TPSA) is 61.6 Å². The third kappa shape index (κ3) is 5.69. The van der Waals surface area contributed by atoms with E-state index in [1.54, 1.807) is 6.07 Å². The van der Waals surface area contributed by atoms with Crippen LogP contribution in [0.5, 0.6) is 5.75 Å². The summed E-state index contributed by atoms with van der Waals surface area (Å²) < 4.78 is 12.4. The van der Waals surface area contributed by atoms with Crippen molar-refractivity contribution in [3.05, 3.63) is 65.2 Å². The number of nitrogens with two attached hydrogens (primary N) is 1. The van der Waals surface area contributed by atoms with Crippen LogP contribution in [0.2, 0.25) is 18.1 Å². The summed E-state index contributed by atoms with van der Waals surface area (Å²) in [6.45, 7) is 11.4. The van der Waals surface area contributed by atoms with Crippen LogP contribution in [-0.4, -0.2) is 19.6 Å². The molecule has 0 fully saturated rings. The Morgan fingerprint density at radius 1 is 1.14 bits per heavy atom. The second-order valence-electron chi connectivity index (χ2n) is 8.42. The normalized spacial score (nSPS) is 13.2. The quantitative estimate of drug-likeness (QED) is 0.395. The van der Waals surface area contributed by atoms with Crippen LogP contribution in [0, 0.1) is 0 Å². The number of hydrogen-bond acceptors (Lipinski definition) is 3. The Balaban J connectivity index is 2.26. The fourth-order valence-corrected chi connectivity index (χ4v) is 4.56. The molecule has 152 valence electrons. The molecule has 1 amide bonds. The molecule has 0 aliphatic carbocycles. The van der Waals surface area contributed by atoms with Gasteiger partial charge >= 0.3 is 0 Å². The average molecular weight is 464 g/mol. The Bertz CT molecular complexity index is 803. The van der Waals surface area contributed by atoms with Gasteiger partial charge in [0.15, 0.2) is 8.32 Å². The number of rotatable bonds is 8. The molecule has 6 heteroatoms. The summed E-state index contributed by atoms with van der Waals surface area (Å²) >= 11 is 3.56. The van der Waals surface area contributed by atoms with Crippen molar-refractivity contribution in [3.63, 3.8) is 0 Å². The standard InChI is InChI=1S/C22H30BrNO3Si/c1-22(2,3)28(4,5)27-20(14-23)17-11-12-19(18(13-17)21(24)25)26-15-16-9-7-6-8-10-16/h6-13,20H,14-15H2,1-5H3,(H2,24,25)/t20-/m0/s1. The summed E-state index contributed by atoms with van der Waals surface area (Å²) in [5.74, 6) is -0.0219. The number of ether oxygens (including phenoxy) is 1. The molecule has 0 unspecified atom stereocenters. The lowest BCUT2D eigenvalue weighted by Gasteiger charge is -2.39. The van der Waals surface area contributed by atoms with Crippen molar-refractivity contribution in [1.82, 2.24) is 0 Å². The molecule has 0 aliphatic rings. The lowest BCUT2D eigenvalue weighted by molar-refractivity contribution is 0.0995. The van der Waals surface area contributed by atoms with Crippen LogP contribution < -0.4 is 10.5 Å². The zero-order valence-corrected chi connectivity index (χ0v) is 19.9. The zero-order chi connectivity index (χ0) is 20.9. The van der Waals surface area contributed by atoms with E-state index in [-0.39, 0.29) is 11.1 Å². The summed E-state index contributed by atoms with van der Waals surface area (Å²) in [5, 5.41) is 0.737. The van der Waals surface area contributed by atoms with Crippen molar-refractivity contribution in [3.8, 4) is 5.75 Å². The first kappa shape index (κ1) is 22.7. The summed E-state index contributed by atoms with van der Waals surface area (Å²) in [4.78, 5) is 12.0. The van der Waals surface area contributed by atoms with Crippen molar-refractivity contribution >= 4 is 30.2 Å². The lowest BCUT2D eigenvalue weighted by Crippen LogP contribution is -2.42. The van der Waals surface area contributed by atoms with E-state index in [1.165, 1.54) is 0 Å². The largest absolute Gasteiger partial charge is 0.488 e. The van der Waals surface area contributed by atoms with E-state index in [1.807, 2.05) is 42.5 Å². The van der Waals surface area contributed by atoms with E-state index >= 15 is 0 Å². The summed E-state index contributed by atoms with van der Waals surface area (Å²) in [7, 11) is -1.97. The van der Waals surface area contributed by atoms with Gasteiger partial charge in [0.2, 0.25) is 0 Å². The number of hydrogen-bond donors (Lipinski definition) is 1. The Labute approximate surface area is 177 Å². The second-order valence-corrected chi connectivity index (χ2v) is 13.8. The molecule has 0 bridgehead atoms. The third-order valence-electron chi connectivity index (χ3n) is 5.26. The molecule has 2 rings (SSSR count). The van der Waals surface area contributed by atoms with Gasteiger partial charge in [0, 0.05) is 5.33 Å². The number of carbonyl (C=O) groups is 1. The highest BCUT2D eigenvalue weighted by molar-refractivity contribution is 9.09. The molecule has 0 aliphatic heterocycles. The van der Waals surface area contributed by atoms with E-state index in [2.05, 4.69) is 49.8 Å². The summed E-state index contributed by atoms with van der Waals surface area (Å²) in [6.07, 6.45) is -0.151. The van der Waals surface area contributed by atoms with Crippen molar-refractivity contribution in [1.29, 1.82) is 0 Å². The Morgan fingerprint density at radius 2 is 1.79 bits per heavy atom. The first-order valence-corrected chi connectivity index (χ1v) is 13.4. The van der Waals surface area contributed by atoms with E-state index in [0.717, 1.165) is 11.1 Å². The van der Waals surface area contributed by atoms with Gasteiger partial charge in [0.05, 0.1) is 11.7 Å². The highest BCUT2D eigenvalue weighted by Crippen LogP contribution is 2.40. The number of benzene rings is 2. The molecule has 2 N–H and O–H groups in total. The maximum Gasteiger partial charge on any atom is 0.252 e. The van der Waals surface area contributed by atoms with Crippen LogP contribution in [-0.2, 0) is 11.0 Å². The van der Waals surface area contributed by atoms with Crippen LogP contribution in [0.4, 0.5) is 0 Å². The van der Waals surface area contributed by atoms with Crippen molar-refractivity contribution in [2.24, 2.45) is 5.73 Å². The highest BCUT2D eigenvalue weighted by atomic mass is 79.9. The molecule has 0 heterocycles. The van der Waals surface area contributed by atoms with Gasteiger partial charge in [-0.2, -0.15) is 0 Å². The maximum atomic E-state index is 12.0. The number of amides is 1. The Kier molecular flexibility index (Phi) is 7.48. The van der Waals surface area contributed by atoms with Gasteiger partial charge in [0.25, 0.3) is 5.91 Å². The van der Waals surface area contributed by atoms with Crippen molar-refractivity contribution in [2.45, 2.75) is 51.6 Å². The smallest absolute Gasteiger partial charge is 0.252 e. The van der Waals surface area contributed by atoms with E-state index in [0.29, 0.717) is 23.2 Å². The maximum absolute atomic E-state index is 12.0. The first-order chi connectivity index (χ1) is 13.0. The van der Waals surface area contributed by atoms with Gasteiger partial charge < -0.3 is 14.9 Å². The fourth-order valence-electron chi connectivity index (χ4n) is 2.52. The van der Waals surface area contributed by atoms with E-state index < -0.39 is 14.2 Å². The minimum atomic E-state index is -1.97. The molecule has 0 saturated carbocycles. The molecule has 2 aromatic carbocycles. The SMILES string of the molecule is CC(C)(C)[Si](C)(C)O[C@@H](CBr)c1ccc(OCc2ccccc2)c(C(N)=O)c1. The number of alkyl halides is 1. The molecule has 4 nitrogen and oxygen atoms in total. The fraction of sp³-hybridized carbons (Fsp3) is 0.409. The van der Waals surface area contributed by atoms with Crippen molar-refractivity contribution in [2.75, 3.05) is 5.33 Å². The monoisotopic (exact) mass is 463 g/mol. The van der Waals surface area contributed by atoms with Crippen LogP contribution in [0.3, 0.4) is 0 Å². The third-order valence-corrected chi connectivity index (χ3v) is 10.3. The highest BCUT2D eigenvalue weighted by Gasteiger charge is 2.39. The van der Waals surface area contributed by atoms with Crippen LogP contribution in [0.15, 0.2) is 48.5 Å². The first-order valence-electron chi connectivity index (χ1n) is 9.39. The predicted octanol–water partition coefficient (Wildman–Crippen LogP) is 5.82. The molecule has 0 spiro atoms. The summed E-state index contributed by atoms with van der Waals surface area (Å²) in [5.41, 5.74) is 7.95. The molecule has 28 heavy (non-hydrogen) atoms. The lowest BCUT2D eigenvalue weighted by atomic mass is 10.1. The van der Waals surface area contributed by atoms with Crippen LogP contribution in [0.1, 0.15) is 48.4 Å². The average Bonchev–Trinajstić information content (AvgIpc) is 2.64. The van der Waals surface area contributed by atoms with Crippen molar-refractivity contribution < 1.29 is 14.0 Å². The van der Waals surface area contributed by atoms with Crippen LogP contribution >= 0.6 is 15.9 Å². The number of halogens is 1. The molecule has 0 aromatic heterocycles. The second kappa shape index (κ2) is 9.24. The Morgan fingerprint density at radius 3 is 2.32 bits per heavy atom. The Hall–Kier alpha value is -1.63. The van der Waals surface area contributed by atoms with Crippen LogP contribution in [0.25, 0.3) is 0 Å². The van der Waals surface area contributed by atoms with Gasteiger partial charge in [0.1, 0.15) is 12.4 Å². The summed E-state index contributed by atoms with van der Waals surface area (Å²) in [6, 6.07) is 15.4. The molecule has 2 aromatic rings. The molecular weight excluding hydrogens is 434 g/mol. The molecule has 0 saturated heterocycles.